The van der Waals surface area contributed by atoms with E-state index < -0.39 is 24.2 Å². The third kappa shape index (κ3) is 39.1. The number of hydrogen-bond acceptors (Lipinski definition) is 4. The topological polar surface area (TPSA) is 89.8 Å². The van der Waals surface area contributed by atoms with E-state index in [1.807, 2.05) is 0 Å². The third-order valence-electron chi connectivity index (χ3n) is 11.4. The molecular formula is C48H95NO4. The second-order valence-corrected chi connectivity index (χ2v) is 16.7. The van der Waals surface area contributed by atoms with Gasteiger partial charge in [-0.2, -0.15) is 0 Å². The number of allylic oxidation sites excluding steroid dienone is 2. The largest absolute Gasteiger partial charge is 0.394 e. The molecule has 0 aliphatic heterocycles. The summed E-state index contributed by atoms with van der Waals surface area (Å²) in [6, 6.07) is -0.711. The van der Waals surface area contributed by atoms with Gasteiger partial charge in [0.25, 0.3) is 0 Å². The molecule has 0 spiro atoms. The first-order chi connectivity index (χ1) is 26.1. The highest BCUT2D eigenvalue weighted by molar-refractivity contribution is 5.80. The second kappa shape index (κ2) is 43.8. The molecule has 0 aliphatic rings. The van der Waals surface area contributed by atoms with Crippen LogP contribution in [-0.4, -0.2) is 46.1 Å². The van der Waals surface area contributed by atoms with Crippen molar-refractivity contribution in [2.75, 3.05) is 6.61 Å². The van der Waals surface area contributed by atoms with Crippen molar-refractivity contribution in [2.24, 2.45) is 0 Å². The van der Waals surface area contributed by atoms with Crippen LogP contribution in [0.25, 0.3) is 0 Å². The van der Waals surface area contributed by atoms with E-state index >= 15 is 0 Å². The molecule has 5 heteroatoms. The minimum absolute atomic E-state index is 0.312. The Labute approximate surface area is 331 Å². The molecule has 5 nitrogen and oxygen atoms in total. The highest BCUT2D eigenvalue weighted by atomic mass is 16.3. The summed E-state index contributed by atoms with van der Waals surface area (Å²) >= 11 is 0. The van der Waals surface area contributed by atoms with Gasteiger partial charge in [0.2, 0.25) is 5.91 Å². The van der Waals surface area contributed by atoms with Crippen LogP contribution in [0.3, 0.4) is 0 Å². The Balaban J connectivity index is 3.58. The SMILES string of the molecule is CCCCCCCCCC/C=C\CCCCCCCCC(O)C(=O)NC(CO)C(O)CCCCCCCCCCCCCCCCCCCCCCC. The molecule has 0 fully saturated rings. The van der Waals surface area contributed by atoms with Crippen LogP contribution in [0.15, 0.2) is 12.2 Å². The lowest BCUT2D eigenvalue weighted by molar-refractivity contribution is -0.131. The third-order valence-corrected chi connectivity index (χ3v) is 11.4. The Morgan fingerprint density at radius 3 is 1.04 bits per heavy atom. The molecule has 3 atom stereocenters. The number of carbonyl (C=O) groups excluding carboxylic acids is 1. The van der Waals surface area contributed by atoms with Gasteiger partial charge >= 0.3 is 0 Å². The molecule has 0 saturated heterocycles. The van der Waals surface area contributed by atoms with Crippen LogP contribution in [0.1, 0.15) is 264 Å². The van der Waals surface area contributed by atoms with Crippen LogP contribution in [0.4, 0.5) is 0 Å². The number of unbranched alkanes of at least 4 members (excludes halogenated alkanes) is 34. The van der Waals surface area contributed by atoms with Crippen LogP contribution in [0.5, 0.6) is 0 Å². The van der Waals surface area contributed by atoms with Crippen molar-refractivity contribution in [1.29, 1.82) is 0 Å². The number of carbonyl (C=O) groups is 1. The van der Waals surface area contributed by atoms with Gasteiger partial charge in [-0.1, -0.05) is 238 Å². The molecular weight excluding hydrogens is 655 g/mol. The number of hydrogen-bond donors (Lipinski definition) is 4. The number of rotatable bonds is 44. The fourth-order valence-corrected chi connectivity index (χ4v) is 7.60. The molecule has 0 saturated carbocycles. The van der Waals surface area contributed by atoms with Gasteiger partial charge in [-0.15, -0.1) is 0 Å². The summed E-state index contributed by atoms with van der Waals surface area (Å²) in [4.78, 5) is 12.5. The quantitative estimate of drug-likeness (QED) is 0.0369. The number of nitrogens with one attached hydrogen (secondary N) is 1. The highest BCUT2D eigenvalue weighted by Gasteiger charge is 2.23. The van der Waals surface area contributed by atoms with Crippen LogP contribution < -0.4 is 5.32 Å². The van der Waals surface area contributed by atoms with Crippen molar-refractivity contribution in [1.82, 2.24) is 5.32 Å². The molecule has 0 bridgehead atoms. The average Bonchev–Trinajstić information content (AvgIpc) is 3.16. The zero-order valence-corrected chi connectivity index (χ0v) is 35.9. The van der Waals surface area contributed by atoms with Gasteiger partial charge < -0.3 is 20.6 Å². The predicted octanol–water partition coefficient (Wildman–Crippen LogP) is 14.0. The summed E-state index contributed by atoms with van der Waals surface area (Å²) < 4.78 is 0. The maximum atomic E-state index is 12.5. The van der Waals surface area contributed by atoms with Gasteiger partial charge in [-0.05, 0) is 38.5 Å². The monoisotopic (exact) mass is 750 g/mol. The predicted molar refractivity (Wildman–Crippen MR) is 232 cm³/mol. The Morgan fingerprint density at radius 2 is 0.717 bits per heavy atom. The van der Waals surface area contributed by atoms with Gasteiger partial charge in [-0.25, -0.2) is 0 Å². The first kappa shape index (κ1) is 52.1. The molecule has 0 radical (unpaired) electrons. The van der Waals surface area contributed by atoms with Gasteiger partial charge in [0, 0.05) is 0 Å². The van der Waals surface area contributed by atoms with Crippen LogP contribution in [0, 0.1) is 0 Å². The van der Waals surface area contributed by atoms with E-state index in [-0.39, 0.29) is 6.61 Å². The highest BCUT2D eigenvalue weighted by Crippen LogP contribution is 2.17. The molecule has 3 unspecified atom stereocenters. The van der Waals surface area contributed by atoms with Gasteiger partial charge in [0.05, 0.1) is 18.8 Å². The van der Waals surface area contributed by atoms with E-state index in [4.69, 9.17) is 0 Å². The van der Waals surface area contributed by atoms with Gasteiger partial charge in [-0.3, -0.25) is 4.79 Å². The fourth-order valence-electron chi connectivity index (χ4n) is 7.60. The lowest BCUT2D eigenvalue weighted by atomic mass is 10.0. The summed E-state index contributed by atoms with van der Waals surface area (Å²) in [5, 5.41) is 33.4. The lowest BCUT2D eigenvalue weighted by Crippen LogP contribution is -2.49. The summed E-state index contributed by atoms with van der Waals surface area (Å²) in [5.74, 6) is -0.472. The van der Waals surface area contributed by atoms with Gasteiger partial charge in [0.15, 0.2) is 0 Å². The maximum Gasteiger partial charge on any atom is 0.249 e. The van der Waals surface area contributed by atoms with Crippen LogP contribution in [0.2, 0.25) is 0 Å². The molecule has 316 valence electrons. The molecule has 0 heterocycles. The maximum absolute atomic E-state index is 12.5. The number of amides is 1. The van der Waals surface area contributed by atoms with Crippen LogP contribution in [-0.2, 0) is 4.79 Å². The Bertz CT molecular complexity index is 743. The van der Waals surface area contributed by atoms with Crippen LogP contribution >= 0.6 is 0 Å². The standard InChI is InChI=1S/C48H95NO4/c1-3-5-7-9-11-13-15-17-19-21-23-24-25-27-28-30-32-34-36-38-40-42-46(51)45(44-50)49-48(53)47(52)43-41-39-37-35-33-31-29-26-22-20-18-16-14-12-10-8-6-4-2/h22,26,45-47,50-52H,3-21,23-25,27-44H2,1-2H3,(H,49,53)/b26-22-. The molecule has 4 N–H and O–H groups in total. The zero-order valence-electron chi connectivity index (χ0n) is 35.9. The number of aliphatic hydroxyl groups excluding tert-OH is 3. The Hall–Kier alpha value is -0.910. The van der Waals surface area contributed by atoms with E-state index in [0.717, 1.165) is 32.1 Å². The average molecular weight is 750 g/mol. The lowest BCUT2D eigenvalue weighted by Gasteiger charge is -2.23. The van der Waals surface area contributed by atoms with E-state index in [1.165, 1.54) is 205 Å². The molecule has 53 heavy (non-hydrogen) atoms. The van der Waals surface area contributed by atoms with Crippen molar-refractivity contribution >= 4 is 5.91 Å². The molecule has 1 amide bonds. The molecule has 0 rings (SSSR count). The van der Waals surface area contributed by atoms with Crippen molar-refractivity contribution in [3.8, 4) is 0 Å². The molecule has 0 aromatic carbocycles. The zero-order chi connectivity index (χ0) is 38.7. The van der Waals surface area contributed by atoms with Crippen molar-refractivity contribution in [2.45, 2.75) is 283 Å². The summed E-state index contributed by atoms with van der Waals surface area (Å²) in [6.07, 6.45) is 52.2. The fraction of sp³-hybridized carbons (Fsp3) is 0.938. The number of aliphatic hydroxyl groups is 3. The van der Waals surface area contributed by atoms with Crippen molar-refractivity contribution in [3.63, 3.8) is 0 Å². The molecule has 0 aliphatic carbocycles. The minimum Gasteiger partial charge on any atom is -0.394 e. The molecule has 0 aromatic rings. The van der Waals surface area contributed by atoms with E-state index in [2.05, 4.69) is 31.3 Å². The van der Waals surface area contributed by atoms with Gasteiger partial charge in [0.1, 0.15) is 6.10 Å². The first-order valence-corrected chi connectivity index (χ1v) is 24.0. The molecule has 0 aromatic heterocycles. The summed E-state index contributed by atoms with van der Waals surface area (Å²) in [5.41, 5.74) is 0. The summed E-state index contributed by atoms with van der Waals surface area (Å²) in [6.45, 7) is 4.25. The smallest absolute Gasteiger partial charge is 0.249 e. The first-order valence-electron chi connectivity index (χ1n) is 24.0. The minimum atomic E-state index is -1.08. The normalized spacial score (nSPS) is 13.5. The second-order valence-electron chi connectivity index (χ2n) is 16.7. The van der Waals surface area contributed by atoms with E-state index in [9.17, 15) is 20.1 Å². The van der Waals surface area contributed by atoms with E-state index in [0.29, 0.717) is 12.8 Å². The van der Waals surface area contributed by atoms with Crippen molar-refractivity contribution in [3.05, 3.63) is 12.2 Å². The Kier molecular flexibility index (Phi) is 43.1. The van der Waals surface area contributed by atoms with Crippen molar-refractivity contribution < 1.29 is 20.1 Å². The summed E-state index contributed by atoms with van der Waals surface area (Å²) in [7, 11) is 0. The Morgan fingerprint density at radius 1 is 0.434 bits per heavy atom. The van der Waals surface area contributed by atoms with E-state index in [1.54, 1.807) is 0 Å².